The lowest BCUT2D eigenvalue weighted by molar-refractivity contribution is -0.110. The highest BCUT2D eigenvalue weighted by atomic mass is 32.2. The molecule has 2 aliphatic heterocycles. The van der Waals surface area contributed by atoms with Crippen LogP contribution in [0.2, 0.25) is 0 Å². The molecule has 2 rings (SSSR count). The predicted octanol–water partition coefficient (Wildman–Crippen LogP) is 3.73. The highest BCUT2D eigenvalue weighted by Crippen LogP contribution is 2.42. The molecule has 0 aromatic carbocycles. The van der Waals surface area contributed by atoms with Gasteiger partial charge in [0.15, 0.2) is 0 Å². The fourth-order valence-electron chi connectivity index (χ4n) is 4.23. The lowest BCUT2D eigenvalue weighted by Crippen LogP contribution is -2.52. The van der Waals surface area contributed by atoms with Gasteiger partial charge in [-0.2, -0.15) is 11.8 Å². The first-order valence-electron chi connectivity index (χ1n) is 8.92. The van der Waals surface area contributed by atoms with Crippen molar-refractivity contribution in [2.45, 2.75) is 76.9 Å². The summed E-state index contributed by atoms with van der Waals surface area (Å²) in [5.74, 6) is 9.91. The molecule has 0 saturated carbocycles. The highest BCUT2D eigenvalue weighted by Gasteiger charge is 2.42. The number of nitrogens with one attached hydrogen (secondary N) is 1. The van der Waals surface area contributed by atoms with Crippen LogP contribution in [-0.2, 0) is 4.74 Å². The van der Waals surface area contributed by atoms with E-state index in [-0.39, 0.29) is 5.60 Å². The van der Waals surface area contributed by atoms with E-state index in [0.717, 1.165) is 6.61 Å². The topological polar surface area (TPSA) is 47.3 Å². The maximum atomic E-state index is 6.24. The van der Waals surface area contributed by atoms with Crippen molar-refractivity contribution in [2.75, 3.05) is 18.1 Å². The Kier molecular flexibility index (Phi) is 7.33. The van der Waals surface area contributed by atoms with E-state index < -0.39 is 0 Å². The third-order valence-electron chi connectivity index (χ3n) is 5.60. The fourth-order valence-corrected chi connectivity index (χ4v) is 5.46. The summed E-state index contributed by atoms with van der Waals surface area (Å²) in [7, 11) is 0. The van der Waals surface area contributed by atoms with E-state index in [9.17, 15) is 0 Å². The Morgan fingerprint density at radius 1 is 1.33 bits per heavy atom. The standard InChI is InChI=1S/C17H34N2OS/c1-3-5-6-14(4-2)16(19-18)15-7-10-20-17(13-15)8-11-21-12-9-17/h14-16,19H,3-13,18H2,1-2H3. The average Bonchev–Trinajstić information content (AvgIpc) is 2.52. The van der Waals surface area contributed by atoms with E-state index in [0.29, 0.717) is 17.9 Å². The number of hydrogen-bond donors (Lipinski definition) is 2. The fraction of sp³-hybridized carbons (Fsp3) is 1.00. The third-order valence-corrected chi connectivity index (χ3v) is 6.58. The summed E-state index contributed by atoms with van der Waals surface area (Å²) < 4.78 is 6.24. The Balaban J connectivity index is 1.99. The zero-order chi connectivity index (χ0) is 15.1. The second kappa shape index (κ2) is 8.76. The lowest BCUT2D eigenvalue weighted by atomic mass is 9.74. The van der Waals surface area contributed by atoms with Crippen molar-refractivity contribution in [3.05, 3.63) is 0 Å². The van der Waals surface area contributed by atoms with E-state index >= 15 is 0 Å². The van der Waals surface area contributed by atoms with Gasteiger partial charge in [0, 0.05) is 12.6 Å². The normalized spacial score (nSPS) is 28.4. The quantitative estimate of drug-likeness (QED) is 0.555. The van der Waals surface area contributed by atoms with Gasteiger partial charge in [-0.1, -0.05) is 33.1 Å². The number of nitrogens with two attached hydrogens (primary N) is 1. The Morgan fingerprint density at radius 3 is 2.71 bits per heavy atom. The molecule has 2 heterocycles. The van der Waals surface area contributed by atoms with E-state index in [1.54, 1.807) is 0 Å². The van der Waals surface area contributed by atoms with Crippen LogP contribution in [0.5, 0.6) is 0 Å². The Hall–Kier alpha value is 0.230. The summed E-state index contributed by atoms with van der Waals surface area (Å²) >= 11 is 2.08. The van der Waals surface area contributed by atoms with Crippen molar-refractivity contribution in [2.24, 2.45) is 17.7 Å². The summed E-state index contributed by atoms with van der Waals surface area (Å²) in [5, 5.41) is 0. The van der Waals surface area contributed by atoms with Gasteiger partial charge in [0.1, 0.15) is 0 Å². The summed E-state index contributed by atoms with van der Waals surface area (Å²) in [6.45, 7) is 5.52. The molecule has 0 aromatic heterocycles. The van der Waals surface area contributed by atoms with Crippen LogP contribution in [-0.4, -0.2) is 29.8 Å². The molecule has 0 radical (unpaired) electrons. The molecule has 2 aliphatic rings. The van der Waals surface area contributed by atoms with Gasteiger partial charge in [0.2, 0.25) is 0 Å². The third kappa shape index (κ3) is 4.60. The molecule has 3 nitrogen and oxygen atoms in total. The van der Waals surface area contributed by atoms with Gasteiger partial charge in [0.05, 0.1) is 5.60 Å². The molecular formula is C17H34N2OS. The minimum Gasteiger partial charge on any atom is -0.375 e. The molecule has 21 heavy (non-hydrogen) atoms. The zero-order valence-electron chi connectivity index (χ0n) is 13.9. The van der Waals surface area contributed by atoms with Crippen molar-refractivity contribution in [3.8, 4) is 0 Å². The van der Waals surface area contributed by atoms with Gasteiger partial charge in [0.25, 0.3) is 0 Å². The van der Waals surface area contributed by atoms with Gasteiger partial charge in [-0.15, -0.1) is 0 Å². The number of rotatable bonds is 7. The minimum absolute atomic E-state index is 0.173. The minimum atomic E-state index is 0.173. The maximum Gasteiger partial charge on any atom is 0.0701 e. The monoisotopic (exact) mass is 314 g/mol. The number of hydrogen-bond acceptors (Lipinski definition) is 4. The molecule has 4 heteroatoms. The molecule has 124 valence electrons. The molecule has 0 amide bonds. The van der Waals surface area contributed by atoms with E-state index in [1.807, 2.05) is 0 Å². The van der Waals surface area contributed by atoms with Crippen LogP contribution in [0.25, 0.3) is 0 Å². The SMILES string of the molecule is CCCCC(CC)C(NN)C1CCOC2(CCSCC2)C1. The molecule has 0 bridgehead atoms. The number of ether oxygens (including phenoxy) is 1. The molecule has 0 aliphatic carbocycles. The zero-order valence-corrected chi connectivity index (χ0v) is 14.7. The molecule has 3 atom stereocenters. The van der Waals surface area contributed by atoms with Gasteiger partial charge in [-0.3, -0.25) is 11.3 Å². The van der Waals surface area contributed by atoms with Crippen molar-refractivity contribution >= 4 is 11.8 Å². The maximum absolute atomic E-state index is 6.24. The Labute approximate surface area is 135 Å². The molecule has 1 spiro atoms. The first-order valence-corrected chi connectivity index (χ1v) is 10.1. The second-order valence-corrected chi connectivity index (χ2v) is 8.12. The number of unbranched alkanes of at least 4 members (excludes halogenated alkanes) is 1. The van der Waals surface area contributed by atoms with Crippen LogP contribution in [0.1, 0.15) is 65.2 Å². The van der Waals surface area contributed by atoms with Crippen LogP contribution < -0.4 is 11.3 Å². The first kappa shape index (κ1) is 17.6. The lowest BCUT2D eigenvalue weighted by Gasteiger charge is -2.46. The number of thioether (sulfide) groups is 1. The Bertz CT molecular complexity index is 289. The van der Waals surface area contributed by atoms with E-state index in [1.165, 1.54) is 62.9 Å². The van der Waals surface area contributed by atoms with Crippen LogP contribution in [0.3, 0.4) is 0 Å². The summed E-state index contributed by atoms with van der Waals surface area (Å²) in [6, 6.07) is 0.469. The van der Waals surface area contributed by atoms with E-state index in [4.69, 9.17) is 10.6 Å². The van der Waals surface area contributed by atoms with Crippen molar-refractivity contribution in [3.63, 3.8) is 0 Å². The molecule has 0 aromatic rings. The molecule has 3 N–H and O–H groups in total. The second-order valence-electron chi connectivity index (χ2n) is 6.90. The number of hydrazine groups is 1. The summed E-state index contributed by atoms with van der Waals surface area (Å²) in [6.07, 6.45) is 9.99. The van der Waals surface area contributed by atoms with Gasteiger partial charge in [-0.25, -0.2) is 0 Å². The summed E-state index contributed by atoms with van der Waals surface area (Å²) in [5.41, 5.74) is 3.37. The largest absolute Gasteiger partial charge is 0.375 e. The average molecular weight is 315 g/mol. The molecule has 2 saturated heterocycles. The van der Waals surface area contributed by atoms with Crippen LogP contribution in [0, 0.1) is 11.8 Å². The smallest absolute Gasteiger partial charge is 0.0701 e. The van der Waals surface area contributed by atoms with Crippen LogP contribution >= 0.6 is 11.8 Å². The highest BCUT2D eigenvalue weighted by molar-refractivity contribution is 7.99. The van der Waals surface area contributed by atoms with Crippen molar-refractivity contribution in [1.82, 2.24) is 5.43 Å². The molecular weight excluding hydrogens is 280 g/mol. The van der Waals surface area contributed by atoms with Crippen molar-refractivity contribution < 1.29 is 4.74 Å². The van der Waals surface area contributed by atoms with E-state index in [2.05, 4.69) is 31.0 Å². The molecule has 3 unspecified atom stereocenters. The van der Waals surface area contributed by atoms with Gasteiger partial charge >= 0.3 is 0 Å². The van der Waals surface area contributed by atoms with Gasteiger partial charge in [-0.05, 0) is 55.4 Å². The van der Waals surface area contributed by atoms with Gasteiger partial charge < -0.3 is 4.74 Å². The van der Waals surface area contributed by atoms with Crippen LogP contribution in [0.15, 0.2) is 0 Å². The predicted molar refractivity (Wildman–Crippen MR) is 92.4 cm³/mol. The summed E-state index contributed by atoms with van der Waals surface area (Å²) in [4.78, 5) is 0. The van der Waals surface area contributed by atoms with Crippen LogP contribution in [0.4, 0.5) is 0 Å². The Morgan fingerprint density at radius 2 is 2.10 bits per heavy atom. The first-order chi connectivity index (χ1) is 10.2. The van der Waals surface area contributed by atoms with Crippen molar-refractivity contribution in [1.29, 1.82) is 0 Å². The molecule has 2 fully saturated rings.